The van der Waals surface area contributed by atoms with Gasteiger partial charge >= 0.3 is 0 Å². The summed E-state index contributed by atoms with van der Waals surface area (Å²) >= 11 is 0. The molecule has 0 amide bonds. The van der Waals surface area contributed by atoms with Crippen LogP contribution in [0.3, 0.4) is 0 Å². The zero-order chi connectivity index (χ0) is 19.5. The van der Waals surface area contributed by atoms with Gasteiger partial charge in [-0.05, 0) is 38.8 Å². The number of hydrogen-bond acceptors (Lipinski definition) is 6. The van der Waals surface area contributed by atoms with E-state index in [9.17, 15) is 0 Å². The van der Waals surface area contributed by atoms with Crippen molar-refractivity contribution in [3.63, 3.8) is 0 Å². The van der Waals surface area contributed by atoms with E-state index in [1.165, 1.54) is 24.1 Å². The van der Waals surface area contributed by atoms with Crippen LogP contribution >= 0.6 is 0 Å². The number of ether oxygens (including phenoxy) is 1. The lowest BCUT2D eigenvalue weighted by Crippen LogP contribution is -2.53. The number of hydrogen-bond donors (Lipinski definition) is 0. The van der Waals surface area contributed by atoms with Gasteiger partial charge in [0, 0.05) is 68.3 Å². The van der Waals surface area contributed by atoms with Crippen molar-refractivity contribution in [3.8, 4) is 5.75 Å². The fourth-order valence-electron chi connectivity index (χ4n) is 4.44. The van der Waals surface area contributed by atoms with Gasteiger partial charge in [-0.1, -0.05) is 6.07 Å². The first-order valence-electron chi connectivity index (χ1n) is 10.3. The van der Waals surface area contributed by atoms with Gasteiger partial charge in [-0.3, -0.25) is 4.90 Å². The van der Waals surface area contributed by atoms with Crippen molar-refractivity contribution in [2.45, 2.75) is 32.7 Å². The highest BCUT2D eigenvalue weighted by atomic mass is 16.5. The molecule has 0 bridgehead atoms. The smallest absolute Gasteiger partial charge is 0.135 e. The predicted octanol–water partition coefficient (Wildman–Crippen LogP) is 2.89. The van der Waals surface area contributed by atoms with Crippen LogP contribution in [0.4, 0.5) is 11.5 Å². The maximum atomic E-state index is 5.38. The van der Waals surface area contributed by atoms with Gasteiger partial charge < -0.3 is 14.5 Å². The zero-order valence-corrected chi connectivity index (χ0v) is 17.3. The molecule has 0 unspecified atom stereocenters. The molecule has 0 atom stereocenters. The largest absolute Gasteiger partial charge is 0.497 e. The average molecular weight is 382 g/mol. The van der Waals surface area contributed by atoms with Crippen LogP contribution in [0.5, 0.6) is 5.75 Å². The Hall–Kier alpha value is -2.34. The molecule has 1 aromatic carbocycles. The second-order valence-corrected chi connectivity index (χ2v) is 7.85. The average Bonchev–Trinajstić information content (AvgIpc) is 2.76. The SMILES string of the molecule is COc1cccc(N2CCC(N3CCN(c4ncnc(C)c4C)CC3)CC2)c1. The molecule has 1 aromatic heterocycles. The molecule has 0 N–H and O–H groups in total. The summed E-state index contributed by atoms with van der Waals surface area (Å²) in [4.78, 5) is 16.4. The Balaban J connectivity index is 1.31. The topological polar surface area (TPSA) is 44.7 Å². The van der Waals surface area contributed by atoms with Crippen LogP contribution in [0.2, 0.25) is 0 Å². The summed E-state index contributed by atoms with van der Waals surface area (Å²) in [5.74, 6) is 2.05. The predicted molar refractivity (Wildman–Crippen MR) is 114 cm³/mol. The van der Waals surface area contributed by atoms with Crippen LogP contribution in [0, 0.1) is 13.8 Å². The minimum atomic E-state index is 0.692. The van der Waals surface area contributed by atoms with E-state index in [0.29, 0.717) is 6.04 Å². The number of nitrogens with zero attached hydrogens (tertiary/aromatic N) is 5. The van der Waals surface area contributed by atoms with Crippen molar-refractivity contribution in [2.75, 3.05) is 56.2 Å². The van der Waals surface area contributed by atoms with Crippen molar-refractivity contribution in [2.24, 2.45) is 0 Å². The first-order valence-corrected chi connectivity index (χ1v) is 10.3. The number of aryl methyl sites for hydroxylation is 1. The van der Waals surface area contributed by atoms with Crippen LogP contribution in [-0.4, -0.2) is 67.3 Å². The molecule has 2 aliphatic rings. The fourth-order valence-corrected chi connectivity index (χ4v) is 4.44. The van der Waals surface area contributed by atoms with Gasteiger partial charge in [-0.25, -0.2) is 9.97 Å². The normalized spacial score (nSPS) is 19.1. The standard InChI is InChI=1S/C22H31N5O/c1-17-18(2)23-16-24-22(17)27-13-11-26(12-14-27)19-7-9-25(10-8-19)20-5-4-6-21(15-20)28-3/h4-6,15-16,19H,7-14H2,1-3H3. The number of methoxy groups -OCH3 is 1. The first kappa shape index (κ1) is 19.0. The summed E-state index contributed by atoms with van der Waals surface area (Å²) in [6, 6.07) is 9.11. The van der Waals surface area contributed by atoms with E-state index < -0.39 is 0 Å². The van der Waals surface area contributed by atoms with Gasteiger partial charge in [0.1, 0.15) is 17.9 Å². The van der Waals surface area contributed by atoms with E-state index in [1.54, 1.807) is 13.4 Å². The number of aromatic nitrogens is 2. The number of benzene rings is 1. The van der Waals surface area contributed by atoms with Gasteiger partial charge in [0.15, 0.2) is 0 Å². The number of piperidine rings is 1. The van der Waals surface area contributed by atoms with Crippen LogP contribution in [0.1, 0.15) is 24.1 Å². The maximum Gasteiger partial charge on any atom is 0.135 e. The third kappa shape index (κ3) is 3.92. The lowest BCUT2D eigenvalue weighted by molar-refractivity contribution is 0.159. The van der Waals surface area contributed by atoms with Crippen molar-refractivity contribution < 1.29 is 4.74 Å². The third-order valence-electron chi connectivity index (χ3n) is 6.32. The van der Waals surface area contributed by atoms with Crippen molar-refractivity contribution >= 4 is 11.5 Å². The van der Waals surface area contributed by atoms with Crippen molar-refractivity contribution in [1.82, 2.24) is 14.9 Å². The number of piperazine rings is 1. The minimum absolute atomic E-state index is 0.692. The molecule has 2 fully saturated rings. The third-order valence-corrected chi connectivity index (χ3v) is 6.32. The van der Waals surface area contributed by atoms with Crippen LogP contribution < -0.4 is 14.5 Å². The Kier molecular flexibility index (Phi) is 5.67. The summed E-state index contributed by atoms with van der Waals surface area (Å²) in [7, 11) is 1.73. The Morgan fingerprint density at radius 2 is 1.68 bits per heavy atom. The van der Waals surface area contributed by atoms with Crippen molar-refractivity contribution in [3.05, 3.63) is 41.9 Å². The monoisotopic (exact) mass is 381 g/mol. The Bertz CT molecular complexity index is 795. The summed E-state index contributed by atoms with van der Waals surface area (Å²) in [5.41, 5.74) is 3.57. The molecular formula is C22H31N5O. The summed E-state index contributed by atoms with van der Waals surface area (Å²) in [5, 5.41) is 0. The Morgan fingerprint density at radius 3 is 2.39 bits per heavy atom. The van der Waals surface area contributed by atoms with E-state index in [0.717, 1.165) is 56.5 Å². The van der Waals surface area contributed by atoms with Gasteiger partial charge in [-0.15, -0.1) is 0 Å². The molecule has 150 valence electrons. The molecule has 6 heteroatoms. The molecule has 2 aromatic rings. The molecule has 0 radical (unpaired) electrons. The molecule has 3 heterocycles. The van der Waals surface area contributed by atoms with Crippen molar-refractivity contribution in [1.29, 1.82) is 0 Å². The molecule has 2 saturated heterocycles. The van der Waals surface area contributed by atoms with E-state index in [-0.39, 0.29) is 0 Å². The molecule has 2 aliphatic heterocycles. The summed E-state index contributed by atoms with van der Waals surface area (Å²) in [6.45, 7) is 10.8. The summed E-state index contributed by atoms with van der Waals surface area (Å²) < 4.78 is 5.38. The first-order chi connectivity index (χ1) is 13.7. The lowest BCUT2D eigenvalue weighted by Gasteiger charge is -2.43. The quantitative estimate of drug-likeness (QED) is 0.811. The maximum absolute atomic E-state index is 5.38. The Labute approximate surface area is 168 Å². The van der Waals surface area contributed by atoms with E-state index >= 15 is 0 Å². The van der Waals surface area contributed by atoms with Crippen LogP contribution in [0.25, 0.3) is 0 Å². The molecule has 0 saturated carbocycles. The lowest BCUT2D eigenvalue weighted by atomic mass is 10.0. The number of anilines is 2. The molecule has 6 nitrogen and oxygen atoms in total. The highest BCUT2D eigenvalue weighted by Crippen LogP contribution is 2.27. The van der Waals surface area contributed by atoms with Gasteiger partial charge in [-0.2, -0.15) is 0 Å². The zero-order valence-electron chi connectivity index (χ0n) is 17.3. The molecule has 0 aliphatic carbocycles. The molecular weight excluding hydrogens is 350 g/mol. The minimum Gasteiger partial charge on any atom is -0.497 e. The van der Waals surface area contributed by atoms with E-state index in [4.69, 9.17) is 4.74 Å². The van der Waals surface area contributed by atoms with Gasteiger partial charge in [0.25, 0.3) is 0 Å². The highest BCUT2D eigenvalue weighted by molar-refractivity contribution is 5.51. The summed E-state index contributed by atoms with van der Waals surface area (Å²) in [6.07, 6.45) is 4.14. The molecule has 4 rings (SSSR count). The molecule has 28 heavy (non-hydrogen) atoms. The van der Waals surface area contributed by atoms with E-state index in [1.807, 2.05) is 6.07 Å². The van der Waals surface area contributed by atoms with E-state index in [2.05, 4.69) is 56.7 Å². The van der Waals surface area contributed by atoms with Crippen LogP contribution in [0.15, 0.2) is 30.6 Å². The van der Waals surface area contributed by atoms with Crippen LogP contribution in [-0.2, 0) is 0 Å². The van der Waals surface area contributed by atoms with Gasteiger partial charge in [0.05, 0.1) is 7.11 Å². The Morgan fingerprint density at radius 1 is 0.929 bits per heavy atom. The second-order valence-electron chi connectivity index (χ2n) is 7.85. The second kappa shape index (κ2) is 8.35. The molecule has 0 spiro atoms. The fraction of sp³-hybridized carbons (Fsp3) is 0.545. The van der Waals surface area contributed by atoms with Gasteiger partial charge in [0.2, 0.25) is 0 Å². The highest BCUT2D eigenvalue weighted by Gasteiger charge is 2.28. The number of rotatable bonds is 4.